The maximum absolute atomic E-state index is 12.5. The number of nitrogens with two attached hydrogens (primary N) is 1. The van der Waals surface area contributed by atoms with Crippen LogP contribution in [0.4, 0.5) is 17.3 Å². The van der Waals surface area contributed by atoms with Gasteiger partial charge in [0.1, 0.15) is 16.2 Å². The van der Waals surface area contributed by atoms with Crippen LogP contribution in [0.5, 0.6) is 0 Å². The Bertz CT molecular complexity index is 1330. The highest BCUT2D eigenvalue weighted by atomic mass is 32.2. The van der Waals surface area contributed by atoms with Crippen molar-refractivity contribution in [2.45, 2.75) is 10.4 Å². The number of rotatable bonds is 5. The van der Waals surface area contributed by atoms with Gasteiger partial charge in [0.25, 0.3) is 10.0 Å². The lowest BCUT2D eigenvalue weighted by molar-refractivity contribution is 0.565. The lowest BCUT2D eigenvalue weighted by Gasteiger charge is -2.34. The number of nitrogens with zero attached hydrogens (tertiary/aromatic N) is 3. The Morgan fingerprint density at radius 2 is 1.94 bits per heavy atom. The Labute approximate surface area is 182 Å². The molecule has 4 heterocycles. The van der Waals surface area contributed by atoms with E-state index >= 15 is 0 Å². The van der Waals surface area contributed by atoms with Gasteiger partial charge in [-0.15, -0.1) is 11.3 Å². The van der Waals surface area contributed by atoms with Crippen LogP contribution in [-0.2, 0) is 10.0 Å². The Balaban J connectivity index is 1.50. The van der Waals surface area contributed by atoms with E-state index in [1.807, 2.05) is 17.0 Å². The number of benzene rings is 1. The van der Waals surface area contributed by atoms with Crippen molar-refractivity contribution in [3.8, 4) is 0 Å². The normalized spacial score (nSPS) is 16.0. The topological polar surface area (TPSA) is 114 Å². The van der Waals surface area contributed by atoms with Crippen molar-refractivity contribution in [2.24, 2.45) is 10.7 Å². The van der Waals surface area contributed by atoms with Crippen molar-refractivity contribution in [3.63, 3.8) is 0 Å². The van der Waals surface area contributed by atoms with Crippen LogP contribution in [0.1, 0.15) is 17.3 Å². The first-order chi connectivity index (χ1) is 15.0. The van der Waals surface area contributed by atoms with Crippen LogP contribution >= 0.6 is 11.3 Å². The zero-order chi connectivity index (χ0) is 21.4. The van der Waals surface area contributed by atoms with E-state index in [9.17, 15) is 8.42 Å². The summed E-state index contributed by atoms with van der Waals surface area (Å²) in [7, 11) is -3.62. The zero-order valence-electron chi connectivity index (χ0n) is 16.0. The monoisotopic (exact) mass is 451 g/mol. The molecule has 1 aliphatic rings. The summed E-state index contributed by atoms with van der Waals surface area (Å²) in [5, 5.41) is 1.72. The van der Waals surface area contributed by atoms with Crippen molar-refractivity contribution in [2.75, 3.05) is 9.62 Å². The van der Waals surface area contributed by atoms with Crippen LogP contribution in [0.3, 0.4) is 0 Å². The Kier molecular flexibility index (Phi) is 4.81. The third-order valence-electron chi connectivity index (χ3n) is 4.78. The third-order valence-corrected chi connectivity index (χ3v) is 7.56. The van der Waals surface area contributed by atoms with Gasteiger partial charge in [0.2, 0.25) is 5.88 Å². The third kappa shape index (κ3) is 3.61. The van der Waals surface area contributed by atoms with Gasteiger partial charge in [0.15, 0.2) is 0 Å². The predicted octanol–water partition coefficient (Wildman–Crippen LogP) is 4.09. The van der Waals surface area contributed by atoms with E-state index in [1.54, 1.807) is 66.5 Å². The summed E-state index contributed by atoms with van der Waals surface area (Å²) >= 11 is 1.16. The van der Waals surface area contributed by atoms with E-state index in [2.05, 4.69) is 14.7 Å². The molecule has 0 aliphatic carbocycles. The van der Waals surface area contributed by atoms with E-state index in [4.69, 9.17) is 10.2 Å². The number of pyridine rings is 1. The van der Waals surface area contributed by atoms with Gasteiger partial charge in [0.05, 0.1) is 11.8 Å². The second-order valence-corrected chi connectivity index (χ2v) is 9.61. The van der Waals surface area contributed by atoms with Crippen molar-refractivity contribution >= 4 is 44.5 Å². The molecule has 0 bridgehead atoms. The van der Waals surface area contributed by atoms with Crippen LogP contribution in [0.25, 0.3) is 0 Å². The number of amidine groups is 1. The fourth-order valence-corrected chi connectivity index (χ4v) is 5.39. The molecule has 0 spiro atoms. The van der Waals surface area contributed by atoms with E-state index in [1.165, 1.54) is 0 Å². The second kappa shape index (κ2) is 7.65. The molecule has 0 amide bonds. The first-order valence-corrected chi connectivity index (χ1v) is 11.7. The summed E-state index contributed by atoms with van der Waals surface area (Å²) in [5.74, 6) is 1.05. The smallest absolute Gasteiger partial charge is 0.271 e. The number of thiophene rings is 1. The minimum absolute atomic E-state index is 0.258. The SMILES string of the molecule is NC1c2ccoc2N=C(c2cccnc2)N1c1ccc(NS(=O)(=O)c2cccs2)cc1. The van der Waals surface area contributed by atoms with Gasteiger partial charge in [-0.2, -0.15) is 4.99 Å². The van der Waals surface area contributed by atoms with Gasteiger partial charge in [-0.05, 0) is 53.9 Å². The van der Waals surface area contributed by atoms with Crippen LogP contribution in [-0.4, -0.2) is 19.2 Å². The summed E-state index contributed by atoms with van der Waals surface area (Å²) < 4.78 is 33.3. The first kappa shape index (κ1) is 19.5. The number of aliphatic imine (C=N–C) groups is 1. The standard InChI is InChI=1S/C21H17N5O3S2/c22-19-17-9-11-29-21(17)24-20(14-3-1-10-23-13-14)26(19)16-7-5-15(6-8-16)25-31(27,28)18-4-2-12-30-18/h1-13,19,25H,22H2. The molecule has 10 heteroatoms. The van der Waals surface area contributed by atoms with Gasteiger partial charge in [-0.3, -0.25) is 9.71 Å². The van der Waals surface area contributed by atoms with Crippen molar-refractivity contribution < 1.29 is 12.8 Å². The number of fused-ring (bicyclic) bond motifs is 1. The number of furan rings is 1. The van der Waals surface area contributed by atoms with Gasteiger partial charge < -0.3 is 15.1 Å². The lowest BCUT2D eigenvalue weighted by Crippen LogP contribution is -2.42. The summed E-state index contributed by atoms with van der Waals surface area (Å²) in [6, 6.07) is 15.7. The van der Waals surface area contributed by atoms with Crippen LogP contribution < -0.4 is 15.4 Å². The molecule has 156 valence electrons. The Morgan fingerprint density at radius 1 is 1.10 bits per heavy atom. The highest BCUT2D eigenvalue weighted by Crippen LogP contribution is 2.37. The van der Waals surface area contributed by atoms with E-state index in [0.717, 1.165) is 28.2 Å². The van der Waals surface area contributed by atoms with Crippen LogP contribution in [0.2, 0.25) is 0 Å². The highest BCUT2D eigenvalue weighted by molar-refractivity contribution is 7.94. The average molecular weight is 452 g/mol. The summed E-state index contributed by atoms with van der Waals surface area (Å²) in [6.45, 7) is 0. The Morgan fingerprint density at radius 3 is 2.65 bits per heavy atom. The zero-order valence-corrected chi connectivity index (χ0v) is 17.7. The van der Waals surface area contributed by atoms with Crippen molar-refractivity contribution in [3.05, 3.63) is 89.8 Å². The van der Waals surface area contributed by atoms with Crippen molar-refractivity contribution in [1.82, 2.24) is 4.98 Å². The largest absolute Gasteiger partial charge is 0.446 e. The lowest BCUT2D eigenvalue weighted by atomic mass is 10.1. The second-order valence-electron chi connectivity index (χ2n) is 6.76. The van der Waals surface area contributed by atoms with Gasteiger partial charge >= 0.3 is 0 Å². The van der Waals surface area contributed by atoms with Crippen LogP contribution in [0, 0.1) is 0 Å². The maximum atomic E-state index is 12.5. The molecule has 4 aromatic rings. The molecule has 3 N–H and O–H groups in total. The molecule has 0 saturated heterocycles. The molecule has 0 fully saturated rings. The van der Waals surface area contributed by atoms with Gasteiger partial charge in [-0.25, -0.2) is 8.42 Å². The predicted molar refractivity (Wildman–Crippen MR) is 120 cm³/mol. The average Bonchev–Trinajstić information content (AvgIpc) is 3.48. The molecular weight excluding hydrogens is 434 g/mol. The molecule has 1 atom stereocenters. The quantitative estimate of drug-likeness (QED) is 0.472. The molecule has 8 nitrogen and oxygen atoms in total. The minimum atomic E-state index is -3.62. The number of nitrogens with one attached hydrogen (secondary N) is 1. The van der Waals surface area contributed by atoms with E-state index < -0.39 is 16.2 Å². The molecule has 1 aliphatic heterocycles. The first-order valence-electron chi connectivity index (χ1n) is 9.31. The molecule has 1 unspecified atom stereocenters. The molecule has 0 radical (unpaired) electrons. The van der Waals surface area contributed by atoms with E-state index in [-0.39, 0.29) is 4.21 Å². The summed E-state index contributed by atoms with van der Waals surface area (Å²) in [4.78, 5) is 10.7. The number of aromatic nitrogens is 1. The van der Waals surface area contributed by atoms with Crippen molar-refractivity contribution in [1.29, 1.82) is 0 Å². The maximum Gasteiger partial charge on any atom is 0.271 e. The van der Waals surface area contributed by atoms with Crippen LogP contribution in [0.15, 0.2) is 92.3 Å². The molecule has 0 saturated carbocycles. The molecular formula is C21H17N5O3S2. The minimum Gasteiger partial charge on any atom is -0.446 e. The van der Waals surface area contributed by atoms with E-state index in [0.29, 0.717) is 17.4 Å². The highest BCUT2D eigenvalue weighted by Gasteiger charge is 2.31. The molecule has 1 aromatic carbocycles. The number of sulfonamides is 1. The summed E-state index contributed by atoms with van der Waals surface area (Å²) in [6.07, 6.45) is 4.41. The van der Waals surface area contributed by atoms with Gasteiger partial charge in [0, 0.05) is 29.3 Å². The fourth-order valence-electron chi connectivity index (χ4n) is 3.34. The number of anilines is 2. The van der Waals surface area contributed by atoms with Gasteiger partial charge in [-0.1, -0.05) is 6.07 Å². The molecule has 3 aromatic heterocycles. The number of hydrogen-bond acceptors (Lipinski definition) is 8. The molecule has 31 heavy (non-hydrogen) atoms. The number of hydrogen-bond donors (Lipinski definition) is 2. The Hall–Kier alpha value is -3.47. The molecule has 5 rings (SSSR count). The fraction of sp³-hybridized carbons (Fsp3) is 0.0476. The summed E-state index contributed by atoms with van der Waals surface area (Å²) in [5.41, 5.74) is 9.29.